The van der Waals surface area contributed by atoms with Gasteiger partial charge in [0.05, 0.1) is 21.3 Å². The van der Waals surface area contributed by atoms with Crippen LogP contribution < -0.4 is 18.9 Å². The highest BCUT2D eigenvalue weighted by atomic mass is 16.7. The van der Waals surface area contributed by atoms with E-state index in [0.29, 0.717) is 40.7 Å². The zero-order valence-corrected chi connectivity index (χ0v) is 22.6. The molecule has 2 heterocycles. The van der Waals surface area contributed by atoms with Gasteiger partial charge >= 0.3 is 11.9 Å². The van der Waals surface area contributed by atoms with E-state index in [4.69, 9.17) is 23.7 Å². The summed E-state index contributed by atoms with van der Waals surface area (Å²) in [5, 5.41) is 13.7. The third-order valence-electron chi connectivity index (χ3n) is 6.76. The zero-order valence-electron chi connectivity index (χ0n) is 22.6. The summed E-state index contributed by atoms with van der Waals surface area (Å²) in [6.45, 7) is 6.81. The zero-order chi connectivity index (χ0) is 27.8. The number of esters is 2. The molecule has 1 aliphatic rings. The SMILES string of the molecule is COc1cc([C@H](c2n(Cc3ccccc3)c(C)c(C)[n+]2[O-])C2C(=O)OC(C)(C)OC2=O)cc(OC)c1OC. The van der Waals surface area contributed by atoms with Crippen molar-refractivity contribution in [1.82, 2.24) is 4.57 Å². The molecule has 0 saturated carbocycles. The first-order chi connectivity index (χ1) is 18.0. The van der Waals surface area contributed by atoms with Crippen LogP contribution >= 0.6 is 0 Å². The largest absolute Gasteiger partial charge is 0.711 e. The molecule has 0 spiro atoms. The van der Waals surface area contributed by atoms with Gasteiger partial charge in [0, 0.05) is 27.7 Å². The number of carbonyl (C=O) groups excluding carboxylic acids is 2. The molecule has 10 nitrogen and oxygen atoms in total. The van der Waals surface area contributed by atoms with Gasteiger partial charge in [-0.25, -0.2) is 9.30 Å². The van der Waals surface area contributed by atoms with Crippen LogP contribution in [0, 0.1) is 25.0 Å². The lowest BCUT2D eigenvalue weighted by molar-refractivity contribution is -0.621. The predicted molar refractivity (Wildman–Crippen MR) is 136 cm³/mol. The second-order valence-electron chi connectivity index (χ2n) is 9.55. The van der Waals surface area contributed by atoms with Crippen molar-refractivity contribution in [3.05, 3.63) is 76.0 Å². The second kappa shape index (κ2) is 10.3. The van der Waals surface area contributed by atoms with Crippen molar-refractivity contribution in [3.63, 3.8) is 0 Å². The van der Waals surface area contributed by atoms with Crippen molar-refractivity contribution in [2.45, 2.75) is 45.9 Å². The molecule has 0 radical (unpaired) electrons. The number of imidazole rings is 1. The van der Waals surface area contributed by atoms with Gasteiger partial charge < -0.3 is 28.9 Å². The number of rotatable bonds is 8. The lowest BCUT2D eigenvalue weighted by Crippen LogP contribution is -2.50. The van der Waals surface area contributed by atoms with E-state index >= 15 is 0 Å². The van der Waals surface area contributed by atoms with Gasteiger partial charge in [-0.15, -0.1) is 0 Å². The first-order valence-corrected chi connectivity index (χ1v) is 12.1. The van der Waals surface area contributed by atoms with Crippen molar-refractivity contribution in [3.8, 4) is 17.2 Å². The van der Waals surface area contributed by atoms with E-state index in [1.807, 2.05) is 41.8 Å². The predicted octanol–water partition coefficient (Wildman–Crippen LogP) is 3.40. The minimum absolute atomic E-state index is 0.178. The molecule has 38 heavy (non-hydrogen) atoms. The minimum atomic E-state index is -1.46. The molecule has 0 bridgehead atoms. The van der Waals surface area contributed by atoms with Crippen molar-refractivity contribution < 1.29 is 38.0 Å². The standard InChI is InChI=1S/C28H32N2O8/c1-16-17(2)30(33)25(29(16)15-18-11-9-8-10-12-18)22(23-26(31)37-28(3,4)38-27(23)32)19-13-20(34-5)24(36-7)21(14-19)35-6/h8-14,22-23H,15H2,1-7H3/t22-/m0/s1. The number of hydrogen-bond acceptors (Lipinski definition) is 8. The fourth-order valence-electron chi connectivity index (χ4n) is 4.83. The van der Waals surface area contributed by atoms with Crippen molar-refractivity contribution in [1.29, 1.82) is 0 Å². The Morgan fingerprint density at radius 1 is 0.974 bits per heavy atom. The van der Waals surface area contributed by atoms with E-state index in [1.54, 1.807) is 19.1 Å². The first-order valence-electron chi connectivity index (χ1n) is 12.1. The Labute approximate surface area is 221 Å². The van der Waals surface area contributed by atoms with Gasteiger partial charge in [0.25, 0.3) is 11.6 Å². The smallest absolute Gasteiger partial charge is 0.324 e. The molecule has 1 fully saturated rings. The Balaban J connectivity index is 2.01. The van der Waals surface area contributed by atoms with Gasteiger partial charge in [0.2, 0.25) is 5.75 Å². The molecule has 0 aliphatic carbocycles. The first kappa shape index (κ1) is 26.8. The summed E-state index contributed by atoms with van der Waals surface area (Å²) in [7, 11) is 4.39. The Morgan fingerprint density at radius 2 is 1.53 bits per heavy atom. The fourth-order valence-corrected chi connectivity index (χ4v) is 4.83. The molecule has 1 atom stereocenters. The molecule has 1 aliphatic heterocycles. The van der Waals surface area contributed by atoms with Crippen LogP contribution in [-0.4, -0.2) is 43.6 Å². The van der Waals surface area contributed by atoms with Crippen molar-refractivity contribution in [2.24, 2.45) is 5.92 Å². The van der Waals surface area contributed by atoms with Gasteiger partial charge in [-0.1, -0.05) is 30.3 Å². The minimum Gasteiger partial charge on any atom is -0.711 e. The summed E-state index contributed by atoms with van der Waals surface area (Å²) < 4.78 is 30.1. The van der Waals surface area contributed by atoms with Crippen LogP contribution in [0.5, 0.6) is 17.2 Å². The third kappa shape index (κ3) is 4.73. The van der Waals surface area contributed by atoms with Gasteiger partial charge in [-0.3, -0.25) is 9.59 Å². The number of methoxy groups -OCH3 is 3. The number of aromatic nitrogens is 2. The summed E-state index contributed by atoms with van der Waals surface area (Å²) in [6.07, 6.45) is 0. The summed E-state index contributed by atoms with van der Waals surface area (Å²) in [5.74, 6) is -4.49. The average molecular weight is 525 g/mol. The fraction of sp³-hybridized carbons (Fsp3) is 0.393. The van der Waals surface area contributed by atoms with E-state index in [1.165, 1.54) is 35.2 Å². The number of carbonyl (C=O) groups is 2. The molecule has 0 N–H and O–H groups in total. The second-order valence-corrected chi connectivity index (χ2v) is 9.55. The molecule has 10 heteroatoms. The summed E-state index contributed by atoms with van der Waals surface area (Å²) in [4.78, 5) is 26.8. The van der Waals surface area contributed by atoms with Crippen molar-refractivity contribution >= 4 is 11.9 Å². The normalized spacial score (nSPS) is 16.0. The number of ether oxygens (including phenoxy) is 5. The highest BCUT2D eigenvalue weighted by molar-refractivity contribution is 5.98. The van der Waals surface area contributed by atoms with Crippen LogP contribution in [0.3, 0.4) is 0 Å². The highest BCUT2D eigenvalue weighted by Crippen LogP contribution is 2.45. The van der Waals surface area contributed by atoms with E-state index in [-0.39, 0.29) is 5.82 Å². The van der Waals surface area contributed by atoms with Crippen LogP contribution in [0.1, 0.15) is 48.1 Å². The van der Waals surface area contributed by atoms with Crippen LogP contribution in [-0.2, 0) is 25.6 Å². The molecule has 2 aromatic carbocycles. The number of nitrogens with zero attached hydrogens (tertiary/aromatic N) is 2. The van der Waals surface area contributed by atoms with E-state index < -0.39 is 29.6 Å². The Kier molecular flexibility index (Phi) is 7.26. The van der Waals surface area contributed by atoms with Crippen LogP contribution in [0.4, 0.5) is 0 Å². The number of cyclic esters (lactones) is 2. The maximum absolute atomic E-state index is 13.7. The molecule has 0 unspecified atom stereocenters. The summed E-state index contributed by atoms with van der Waals surface area (Å²) >= 11 is 0. The van der Waals surface area contributed by atoms with E-state index in [2.05, 4.69) is 0 Å². The molecular formula is C28H32N2O8. The maximum Gasteiger partial charge on any atom is 0.324 e. The lowest BCUT2D eigenvalue weighted by Gasteiger charge is -2.35. The quantitative estimate of drug-likeness (QED) is 0.191. The summed E-state index contributed by atoms with van der Waals surface area (Å²) in [5.41, 5.74) is 2.47. The highest BCUT2D eigenvalue weighted by Gasteiger charge is 2.52. The Hall–Kier alpha value is -4.21. The van der Waals surface area contributed by atoms with E-state index in [9.17, 15) is 14.8 Å². The molecule has 4 rings (SSSR count). The average Bonchev–Trinajstić information content (AvgIpc) is 3.08. The van der Waals surface area contributed by atoms with E-state index in [0.717, 1.165) is 10.3 Å². The summed E-state index contributed by atoms with van der Waals surface area (Å²) in [6, 6.07) is 12.8. The molecule has 1 saturated heterocycles. The molecule has 202 valence electrons. The number of benzene rings is 2. The topological polar surface area (TPSA) is 112 Å². The molecular weight excluding hydrogens is 492 g/mol. The maximum atomic E-state index is 13.7. The lowest BCUT2D eigenvalue weighted by atomic mass is 9.83. The third-order valence-corrected chi connectivity index (χ3v) is 6.76. The molecule has 1 aromatic heterocycles. The molecule has 0 amide bonds. The van der Waals surface area contributed by atoms with Gasteiger partial charge in [0.1, 0.15) is 23.9 Å². The molecule has 3 aromatic rings. The Morgan fingerprint density at radius 3 is 2.03 bits per heavy atom. The van der Waals surface area contributed by atoms with Crippen LogP contribution in [0.2, 0.25) is 0 Å². The Bertz CT molecular complexity index is 1320. The van der Waals surface area contributed by atoms with Crippen LogP contribution in [0.15, 0.2) is 42.5 Å². The van der Waals surface area contributed by atoms with Gasteiger partial charge in [0.15, 0.2) is 17.4 Å². The number of hydrogen-bond donors (Lipinski definition) is 0. The van der Waals surface area contributed by atoms with Gasteiger partial charge in [-0.2, -0.15) is 0 Å². The monoisotopic (exact) mass is 524 g/mol. The van der Waals surface area contributed by atoms with Gasteiger partial charge in [-0.05, 0) is 23.3 Å². The van der Waals surface area contributed by atoms with Crippen LogP contribution in [0.25, 0.3) is 0 Å². The van der Waals surface area contributed by atoms with Crippen molar-refractivity contribution in [2.75, 3.05) is 21.3 Å².